The first kappa shape index (κ1) is 18.7. The molecule has 1 amide bonds. The lowest BCUT2D eigenvalue weighted by Crippen LogP contribution is -2.26. The Morgan fingerprint density at radius 2 is 1.78 bits per heavy atom. The van der Waals surface area contributed by atoms with Crippen LogP contribution in [-0.4, -0.2) is 34.7 Å². The van der Waals surface area contributed by atoms with Crippen molar-refractivity contribution in [2.75, 3.05) is 14.2 Å². The van der Waals surface area contributed by atoms with E-state index in [1.807, 2.05) is 66.6 Å². The van der Waals surface area contributed by atoms with E-state index in [4.69, 9.17) is 4.74 Å². The molecule has 5 heteroatoms. The number of rotatable bonds is 8. The molecule has 0 N–H and O–H groups in total. The Morgan fingerprint density at radius 1 is 1.04 bits per heavy atom. The van der Waals surface area contributed by atoms with E-state index >= 15 is 0 Å². The van der Waals surface area contributed by atoms with E-state index in [-0.39, 0.29) is 5.91 Å². The van der Waals surface area contributed by atoms with Crippen LogP contribution in [-0.2, 0) is 24.3 Å². The quantitative estimate of drug-likeness (QED) is 0.615. The molecule has 27 heavy (non-hydrogen) atoms. The Labute approximate surface area is 160 Å². The summed E-state index contributed by atoms with van der Waals surface area (Å²) in [5.41, 5.74) is 3.37. The Morgan fingerprint density at radius 3 is 2.48 bits per heavy atom. The van der Waals surface area contributed by atoms with Crippen molar-refractivity contribution < 1.29 is 9.53 Å². The van der Waals surface area contributed by atoms with Crippen LogP contribution >= 0.6 is 0 Å². The van der Waals surface area contributed by atoms with Gasteiger partial charge in [0.2, 0.25) is 5.91 Å². The van der Waals surface area contributed by atoms with Crippen LogP contribution in [0, 0.1) is 0 Å². The van der Waals surface area contributed by atoms with Crippen LogP contribution in [0.1, 0.15) is 23.1 Å². The highest BCUT2D eigenvalue weighted by Crippen LogP contribution is 2.13. The van der Waals surface area contributed by atoms with Gasteiger partial charge in [-0.05, 0) is 29.7 Å². The van der Waals surface area contributed by atoms with Gasteiger partial charge in [0.05, 0.1) is 19.9 Å². The van der Waals surface area contributed by atoms with E-state index in [1.165, 1.54) is 5.56 Å². The first-order valence-corrected chi connectivity index (χ1v) is 9.06. The first-order valence-electron chi connectivity index (χ1n) is 9.06. The number of methoxy groups -OCH3 is 1. The summed E-state index contributed by atoms with van der Waals surface area (Å²) in [5.74, 6) is 0.955. The van der Waals surface area contributed by atoms with Crippen LogP contribution in [0.15, 0.2) is 67.0 Å². The van der Waals surface area contributed by atoms with Crippen LogP contribution in [0.3, 0.4) is 0 Å². The largest absolute Gasteiger partial charge is 0.497 e. The summed E-state index contributed by atoms with van der Waals surface area (Å²) in [6.07, 6.45) is 5.04. The number of carbonyl (C=O) groups is 1. The molecule has 0 fully saturated rings. The number of hydrogen-bond acceptors (Lipinski definition) is 3. The number of ether oxygens (including phenoxy) is 1. The van der Waals surface area contributed by atoms with Crippen molar-refractivity contribution in [3.05, 3.63) is 83.7 Å². The summed E-state index contributed by atoms with van der Waals surface area (Å²) >= 11 is 0. The molecule has 2 aromatic carbocycles. The molecule has 0 aliphatic heterocycles. The Bertz CT molecular complexity index is 857. The SMILES string of the molecule is COc1ccc(CCC(=O)N(C)Cc2cnn(Cc3ccccc3)c2)cc1. The van der Waals surface area contributed by atoms with E-state index < -0.39 is 0 Å². The second kappa shape index (κ2) is 9.03. The minimum absolute atomic E-state index is 0.127. The molecule has 140 valence electrons. The number of amides is 1. The molecule has 5 nitrogen and oxygen atoms in total. The van der Waals surface area contributed by atoms with E-state index in [0.717, 1.165) is 29.8 Å². The average molecular weight is 363 g/mol. The van der Waals surface area contributed by atoms with Gasteiger partial charge in [-0.15, -0.1) is 0 Å². The third-order valence-corrected chi connectivity index (χ3v) is 4.51. The van der Waals surface area contributed by atoms with Gasteiger partial charge in [0.15, 0.2) is 0 Å². The van der Waals surface area contributed by atoms with Crippen molar-refractivity contribution in [2.24, 2.45) is 0 Å². The minimum atomic E-state index is 0.127. The lowest BCUT2D eigenvalue weighted by molar-refractivity contribution is -0.130. The molecule has 0 bridgehead atoms. The Kier molecular flexibility index (Phi) is 6.26. The average Bonchev–Trinajstić information content (AvgIpc) is 3.14. The fourth-order valence-electron chi connectivity index (χ4n) is 2.94. The standard InChI is InChI=1S/C22H25N3O2/c1-24(22(26)13-10-18-8-11-21(27-2)12-9-18)15-20-14-23-25(17-20)16-19-6-4-3-5-7-19/h3-9,11-12,14,17H,10,13,15-16H2,1-2H3. The molecule has 3 rings (SSSR count). The second-order valence-corrected chi connectivity index (χ2v) is 6.63. The van der Waals surface area contributed by atoms with Gasteiger partial charge in [-0.25, -0.2) is 0 Å². The zero-order chi connectivity index (χ0) is 19.1. The van der Waals surface area contributed by atoms with Crippen molar-refractivity contribution in [3.63, 3.8) is 0 Å². The molecule has 0 unspecified atom stereocenters. The maximum absolute atomic E-state index is 12.4. The third kappa shape index (κ3) is 5.45. The lowest BCUT2D eigenvalue weighted by atomic mass is 10.1. The van der Waals surface area contributed by atoms with Gasteiger partial charge < -0.3 is 9.64 Å². The molecule has 0 spiro atoms. The molecule has 0 aliphatic rings. The Balaban J connectivity index is 1.49. The minimum Gasteiger partial charge on any atom is -0.497 e. The smallest absolute Gasteiger partial charge is 0.222 e. The molecule has 0 saturated carbocycles. The van der Waals surface area contributed by atoms with Gasteiger partial charge >= 0.3 is 0 Å². The molecule has 0 radical (unpaired) electrons. The fourth-order valence-corrected chi connectivity index (χ4v) is 2.94. The topological polar surface area (TPSA) is 47.4 Å². The van der Waals surface area contributed by atoms with Crippen LogP contribution in [0.2, 0.25) is 0 Å². The molecular weight excluding hydrogens is 338 g/mol. The van der Waals surface area contributed by atoms with Crippen molar-refractivity contribution >= 4 is 5.91 Å². The predicted octanol–water partition coefficient (Wildman–Crippen LogP) is 3.53. The Hall–Kier alpha value is -3.08. The van der Waals surface area contributed by atoms with Crippen molar-refractivity contribution in [2.45, 2.75) is 25.9 Å². The summed E-state index contributed by atoms with van der Waals surface area (Å²) in [6.45, 7) is 1.30. The van der Waals surface area contributed by atoms with E-state index in [2.05, 4.69) is 17.2 Å². The van der Waals surface area contributed by atoms with Crippen molar-refractivity contribution in [3.8, 4) is 5.75 Å². The van der Waals surface area contributed by atoms with Gasteiger partial charge in [0.25, 0.3) is 0 Å². The summed E-state index contributed by atoms with van der Waals surface area (Å²) in [5, 5.41) is 4.40. The molecule has 3 aromatic rings. The normalized spacial score (nSPS) is 10.6. The van der Waals surface area contributed by atoms with Crippen LogP contribution < -0.4 is 4.74 Å². The summed E-state index contributed by atoms with van der Waals surface area (Å²) in [6, 6.07) is 18.1. The number of aromatic nitrogens is 2. The van der Waals surface area contributed by atoms with Crippen molar-refractivity contribution in [1.82, 2.24) is 14.7 Å². The lowest BCUT2D eigenvalue weighted by Gasteiger charge is -2.16. The van der Waals surface area contributed by atoms with Crippen molar-refractivity contribution in [1.29, 1.82) is 0 Å². The summed E-state index contributed by atoms with van der Waals surface area (Å²) < 4.78 is 7.06. The highest BCUT2D eigenvalue weighted by molar-refractivity contribution is 5.76. The molecule has 0 saturated heterocycles. The zero-order valence-corrected chi connectivity index (χ0v) is 15.8. The predicted molar refractivity (Wildman–Crippen MR) is 106 cm³/mol. The van der Waals surface area contributed by atoms with Gasteiger partial charge in [-0.2, -0.15) is 5.10 Å². The molecule has 1 aromatic heterocycles. The van der Waals surface area contributed by atoms with Gasteiger partial charge in [-0.3, -0.25) is 9.48 Å². The third-order valence-electron chi connectivity index (χ3n) is 4.51. The summed E-state index contributed by atoms with van der Waals surface area (Å²) in [7, 11) is 3.49. The molecule has 0 atom stereocenters. The number of aryl methyl sites for hydroxylation is 1. The highest BCUT2D eigenvalue weighted by Gasteiger charge is 2.11. The number of benzene rings is 2. The first-order chi connectivity index (χ1) is 13.1. The van der Waals surface area contributed by atoms with E-state index in [0.29, 0.717) is 13.0 Å². The van der Waals surface area contributed by atoms with Gasteiger partial charge in [0, 0.05) is 31.8 Å². The van der Waals surface area contributed by atoms with Gasteiger partial charge in [-0.1, -0.05) is 42.5 Å². The van der Waals surface area contributed by atoms with Crippen LogP contribution in [0.4, 0.5) is 0 Å². The fraction of sp³-hybridized carbons (Fsp3) is 0.273. The number of carbonyl (C=O) groups excluding carboxylic acids is 1. The highest BCUT2D eigenvalue weighted by atomic mass is 16.5. The van der Waals surface area contributed by atoms with E-state index in [9.17, 15) is 4.79 Å². The van der Waals surface area contributed by atoms with E-state index in [1.54, 1.807) is 12.0 Å². The zero-order valence-electron chi connectivity index (χ0n) is 15.8. The number of hydrogen-bond donors (Lipinski definition) is 0. The number of nitrogens with zero attached hydrogens (tertiary/aromatic N) is 3. The van der Waals surface area contributed by atoms with Crippen LogP contribution in [0.5, 0.6) is 5.75 Å². The maximum Gasteiger partial charge on any atom is 0.222 e. The summed E-state index contributed by atoms with van der Waals surface area (Å²) in [4.78, 5) is 14.2. The van der Waals surface area contributed by atoms with Gasteiger partial charge in [0.1, 0.15) is 5.75 Å². The second-order valence-electron chi connectivity index (χ2n) is 6.63. The monoisotopic (exact) mass is 363 g/mol. The molecule has 0 aliphatic carbocycles. The van der Waals surface area contributed by atoms with Crippen LogP contribution in [0.25, 0.3) is 0 Å². The molecule has 1 heterocycles. The maximum atomic E-state index is 12.4. The molecular formula is C22H25N3O2.